The van der Waals surface area contributed by atoms with Gasteiger partial charge in [0.15, 0.2) is 11.5 Å². The number of oxazole rings is 1. The van der Waals surface area contributed by atoms with Crippen LogP contribution in [0.25, 0.3) is 5.65 Å². The molecule has 2 aliphatic carbocycles. The number of hydrogen-bond acceptors (Lipinski definition) is 7. The fourth-order valence-electron chi connectivity index (χ4n) is 4.84. The number of amides is 1. The molecule has 0 aromatic carbocycles. The number of nitrogens with one attached hydrogen (secondary N) is 1. The third-order valence-corrected chi connectivity index (χ3v) is 6.59. The minimum atomic E-state index is -2.90. The first kappa shape index (κ1) is 19.6. The molecule has 9 nitrogen and oxygen atoms in total. The number of carbonyl (C=O) groups is 1. The van der Waals surface area contributed by atoms with E-state index in [4.69, 9.17) is 14.5 Å². The second-order valence-corrected chi connectivity index (χ2v) is 9.16. The zero-order chi connectivity index (χ0) is 22.1. The molecule has 1 N–H and O–H groups in total. The van der Waals surface area contributed by atoms with E-state index in [1.54, 1.807) is 10.6 Å². The summed E-state index contributed by atoms with van der Waals surface area (Å²) < 4.78 is 43.8. The highest BCUT2D eigenvalue weighted by molar-refractivity contribution is 6.02. The zero-order valence-electron chi connectivity index (χ0n) is 17.3. The number of carbonyl (C=O) groups excluding carboxylic acids is 1. The third-order valence-electron chi connectivity index (χ3n) is 6.59. The predicted molar refractivity (Wildman–Crippen MR) is 106 cm³/mol. The van der Waals surface area contributed by atoms with Crippen molar-refractivity contribution in [1.82, 2.24) is 19.4 Å². The molecule has 168 valence electrons. The summed E-state index contributed by atoms with van der Waals surface area (Å²) in [5.41, 5.74) is 1.04. The van der Waals surface area contributed by atoms with Gasteiger partial charge in [0.25, 0.3) is 17.7 Å². The third kappa shape index (κ3) is 3.06. The second-order valence-electron chi connectivity index (χ2n) is 9.16. The van der Waals surface area contributed by atoms with E-state index in [9.17, 15) is 13.6 Å². The Kier molecular flexibility index (Phi) is 4.11. The number of hydrogen-bond donors (Lipinski definition) is 1. The summed E-state index contributed by atoms with van der Waals surface area (Å²) in [4.78, 5) is 25.3. The van der Waals surface area contributed by atoms with Crippen LogP contribution in [0.4, 0.5) is 14.6 Å². The van der Waals surface area contributed by atoms with E-state index >= 15 is 0 Å². The smallest absolute Gasteiger partial charge is 0.313 e. The van der Waals surface area contributed by atoms with Gasteiger partial charge in [-0.05, 0) is 39.0 Å². The van der Waals surface area contributed by atoms with Crippen LogP contribution in [0.1, 0.15) is 67.5 Å². The van der Waals surface area contributed by atoms with Gasteiger partial charge in [0.2, 0.25) is 5.65 Å². The molecule has 5 heterocycles. The van der Waals surface area contributed by atoms with Gasteiger partial charge in [0.1, 0.15) is 12.4 Å². The van der Waals surface area contributed by atoms with Crippen molar-refractivity contribution in [3.05, 3.63) is 35.9 Å². The molecular weight excluding hydrogens is 424 g/mol. The summed E-state index contributed by atoms with van der Waals surface area (Å²) >= 11 is 0. The Morgan fingerprint density at radius 1 is 1.28 bits per heavy atom. The molecule has 3 aromatic rings. The molecule has 0 spiro atoms. The monoisotopic (exact) mass is 445 g/mol. The maximum atomic E-state index is 12.7. The number of ether oxygens (including phenoxy) is 2. The number of halogens is 2. The second kappa shape index (κ2) is 6.71. The Labute approximate surface area is 181 Å². The molecule has 7 rings (SSSR count). The van der Waals surface area contributed by atoms with Crippen molar-refractivity contribution in [2.75, 3.05) is 11.9 Å². The summed E-state index contributed by atoms with van der Waals surface area (Å²) in [6, 6.07) is 0. The topological polar surface area (TPSA) is 104 Å². The molecule has 32 heavy (non-hydrogen) atoms. The van der Waals surface area contributed by atoms with Crippen LogP contribution in [0.3, 0.4) is 0 Å². The molecular formula is C21H21F2N5O4. The molecule has 4 fully saturated rings. The molecule has 2 saturated heterocycles. The van der Waals surface area contributed by atoms with E-state index in [1.807, 2.05) is 6.20 Å². The lowest BCUT2D eigenvalue weighted by atomic mass is 9.62. The highest BCUT2D eigenvalue weighted by Gasteiger charge is 2.61. The zero-order valence-corrected chi connectivity index (χ0v) is 17.3. The summed E-state index contributed by atoms with van der Waals surface area (Å²) in [6.45, 7) is 2.74. The van der Waals surface area contributed by atoms with Gasteiger partial charge in [-0.25, -0.2) is 9.97 Å². The van der Waals surface area contributed by atoms with Crippen LogP contribution in [0.5, 0.6) is 5.88 Å². The molecule has 2 bridgehead atoms. The van der Waals surface area contributed by atoms with E-state index in [1.165, 1.54) is 0 Å². The fraction of sp³-hybridized carbons (Fsp3) is 0.524. The Bertz CT molecular complexity index is 1210. The van der Waals surface area contributed by atoms with E-state index in [2.05, 4.69) is 26.6 Å². The van der Waals surface area contributed by atoms with E-state index in [0.29, 0.717) is 18.1 Å². The molecule has 0 unspecified atom stereocenters. The molecule has 1 amide bonds. The normalized spacial score (nSPS) is 26.9. The summed E-state index contributed by atoms with van der Waals surface area (Å²) in [7, 11) is 0. The number of nitrogens with zero attached hydrogens (tertiary/aromatic N) is 4. The van der Waals surface area contributed by atoms with Crippen molar-refractivity contribution >= 4 is 17.4 Å². The van der Waals surface area contributed by atoms with Crippen molar-refractivity contribution in [3.63, 3.8) is 0 Å². The number of aromatic nitrogens is 4. The van der Waals surface area contributed by atoms with Crippen molar-refractivity contribution in [2.45, 2.75) is 62.6 Å². The molecule has 2 saturated carbocycles. The number of imidazole rings is 1. The van der Waals surface area contributed by atoms with Crippen molar-refractivity contribution < 1.29 is 27.5 Å². The largest absolute Gasteiger partial charge is 0.472 e. The van der Waals surface area contributed by atoms with Crippen LogP contribution in [0.15, 0.2) is 23.1 Å². The highest BCUT2D eigenvalue weighted by atomic mass is 19.3. The van der Waals surface area contributed by atoms with Crippen molar-refractivity contribution in [2.24, 2.45) is 0 Å². The lowest BCUT2D eigenvalue weighted by Gasteiger charge is -2.41. The van der Waals surface area contributed by atoms with Crippen LogP contribution in [-0.2, 0) is 10.2 Å². The van der Waals surface area contributed by atoms with Gasteiger partial charge in [0, 0.05) is 11.6 Å². The van der Waals surface area contributed by atoms with Gasteiger partial charge in [-0.2, -0.15) is 13.8 Å². The predicted octanol–water partition coefficient (Wildman–Crippen LogP) is 3.66. The fourth-order valence-corrected chi connectivity index (χ4v) is 4.84. The van der Waals surface area contributed by atoms with Gasteiger partial charge in [0.05, 0.1) is 24.1 Å². The van der Waals surface area contributed by atoms with E-state index < -0.39 is 18.2 Å². The van der Waals surface area contributed by atoms with Gasteiger partial charge in [-0.3, -0.25) is 9.20 Å². The molecule has 4 aliphatic rings. The first-order valence-electron chi connectivity index (χ1n) is 10.6. The number of anilines is 1. The van der Waals surface area contributed by atoms with E-state index in [0.717, 1.165) is 44.1 Å². The van der Waals surface area contributed by atoms with Crippen molar-refractivity contribution in [1.29, 1.82) is 0 Å². The number of alkyl halides is 2. The molecule has 0 radical (unpaired) electrons. The van der Waals surface area contributed by atoms with Crippen LogP contribution in [0, 0.1) is 0 Å². The summed E-state index contributed by atoms with van der Waals surface area (Å²) in [5, 5.41) is 2.59. The molecule has 0 atom stereocenters. The van der Waals surface area contributed by atoms with Crippen LogP contribution < -0.4 is 10.1 Å². The average Bonchev–Trinajstić information content (AvgIpc) is 3.45. The Balaban J connectivity index is 1.33. The molecule has 11 heteroatoms. The molecule has 3 aromatic heterocycles. The maximum absolute atomic E-state index is 12.7. The Morgan fingerprint density at radius 2 is 2.09 bits per heavy atom. The van der Waals surface area contributed by atoms with Crippen LogP contribution >= 0.6 is 0 Å². The first-order chi connectivity index (χ1) is 15.3. The highest BCUT2D eigenvalue weighted by Crippen LogP contribution is 2.58. The Hall–Kier alpha value is -3.08. The Morgan fingerprint density at radius 3 is 2.72 bits per heavy atom. The summed E-state index contributed by atoms with van der Waals surface area (Å²) in [5.74, 6) is -0.997. The van der Waals surface area contributed by atoms with Gasteiger partial charge >= 0.3 is 6.43 Å². The minimum Gasteiger partial charge on any atom is -0.472 e. The number of fused-ring (bicyclic) bond motifs is 2. The summed E-state index contributed by atoms with van der Waals surface area (Å²) in [6.07, 6.45) is 6.38. The average molecular weight is 445 g/mol. The molecule has 2 aliphatic heterocycles. The lowest BCUT2D eigenvalue weighted by molar-refractivity contribution is 0.0154. The maximum Gasteiger partial charge on any atom is 0.313 e. The minimum absolute atomic E-state index is 0.0570. The van der Waals surface area contributed by atoms with Gasteiger partial charge in [-0.1, -0.05) is 0 Å². The standard InChI is InChI=1S/C21H21F2N5O4/c1-20-8-21(9-20,10-31-20)13-5-28-6-14(26-17(29)12-7-30-18(24-12)15(22)23)27-19(16(28)25-13)32-11-3-2-4-11/h5-7,11,15H,2-4,8-10H2,1H3,(H,26,29). The number of rotatable bonds is 6. The van der Waals surface area contributed by atoms with Gasteiger partial charge in [-0.15, -0.1) is 0 Å². The van der Waals surface area contributed by atoms with E-state index in [-0.39, 0.29) is 28.6 Å². The van der Waals surface area contributed by atoms with Crippen LogP contribution in [-0.4, -0.2) is 43.6 Å². The lowest BCUT2D eigenvalue weighted by Crippen LogP contribution is -2.45. The SMILES string of the molecule is CC12CC(c3cn4cc(NC(=O)c5coc(C(F)F)n5)nc(OC5CCC5)c4n3)(CO1)C2. The first-order valence-corrected chi connectivity index (χ1v) is 10.6. The van der Waals surface area contributed by atoms with Crippen molar-refractivity contribution in [3.8, 4) is 5.88 Å². The van der Waals surface area contributed by atoms with Gasteiger partial charge < -0.3 is 19.2 Å². The van der Waals surface area contributed by atoms with Crippen LogP contribution in [0.2, 0.25) is 0 Å². The quantitative estimate of drug-likeness (QED) is 0.618.